The molecule has 0 amide bonds. The highest BCUT2D eigenvalue weighted by atomic mass is 35.5. The van der Waals surface area contributed by atoms with Gasteiger partial charge in [-0.05, 0) is 43.8 Å². The Morgan fingerprint density at radius 2 is 1.94 bits per heavy atom. The SMILES string of the molecule is CC(=O)C1=C(C)NC(=S)N[C@H]1c1ccc(Cl)cc1. The van der Waals surface area contributed by atoms with Crippen LogP contribution < -0.4 is 10.6 Å². The molecule has 18 heavy (non-hydrogen) atoms. The van der Waals surface area contributed by atoms with Crippen molar-refractivity contribution in [3.63, 3.8) is 0 Å². The summed E-state index contributed by atoms with van der Waals surface area (Å²) in [7, 11) is 0. The summed E-state index contributed by atoms with van der Waals surface area (Å²) in [5, 5.41) is 7.28. The number of hydrogen-bond donors (Lipinski definition) is 2. The van der Waals surface area contributed by atoms with Crippen LogP contribution >= 0.6 is 23.8 Å². The third kappa shape index (κ3) is 2.54. The minimum Gasteiger partial charge on any atom is -0.351 e. The van der Waals surface area contributed by atoms with Gasteiger partial charge in [0.25, 0.3) is 0 Å². The average molecular weight is 281 g/mol. The molecule has 0 aliphatic carbocycles. The summed E-state index contributed by atoms with van der Waals surface area (Å²) >= 11 is 11.0. The number of carbonyl (C=O) groups is 1. The molecule has 1 aliphatic heterocycles. The summed E-state index contributed by atoms with van der Waals surface area (Å²) in [6.07, 6.45) is 0. The first-order chi connectivity index (χ1) is 8.49. The highest BCUT2D eigenvalue weighted by molar-refractivity contribution is 7.80. The van der Waals surface area contributed by atoms with Crippen LogP contribution in [0.4, 0.5) is 0 Å². The van der Waals surface area contributed by atoms with E-state index in [-0.39, 0.29) is 11.8 Å². The molecule has 1 atom stereocenters. The van der Waals surface area contributed by atoms with E-state index in [9.17, 15) is 4.79 Å². The second-order valence-electron chi connectivity index (χ2n) is 4.18. The second kappa shape index (κ2) is 5.08. The minimum absolute atomic E-state index is 0.0231. The molecular weight excluding hydrogens is 268 g/mol. The molecule has 0 aromatic heterocycles. The van der Waals surface area contributed by atoms with E-state index in [1.807, 2.05) is 19.1 Å². The molecule has 1 heterocycles. The third-order valence-electron chi connectivity index (χ3n) is 2.85. The Morgan fingerprint density at radius 1 is 1.33 bits per heavy atom. The first-order valence-corrected chi connectivity index (χ1v) is 6.32. The lowest BCUT2D eigenvalue weighted by molar-refractivity contribution is -0.114. The van der Waals surface area contributed by atoms with Crippen LogP contribution in [-0.4, -0.2) is 10.9 Å². The fourth-order valence-corrected chi connectivity index (χ4v) is 2.46. The van der Waals surface area contributed by atoms with Gasteiger partial charge in [0.15, 0.2) is 10.9 Å². The monoisotopic (exact) mass is 280 g/mol. The molecule has 0 spiro atoms. The van der Waals surface area contributed by atoms with Crippen LogP contribution in [0.25, 0.3) is 0 Å². The van der Waals surface area contributed by atoms with Crippen molar-refractivity contribution < 1.29 is 4.79 Å². The molecule has 0 saturated carbocycles. The maximum Gasteiger partial charge on any atom is 0.171 e. The molecule has 2 rings (SSSR count). The highest BCUT2D eigenvalue weighted by Crippen LogP contribution is 2.27. The zero-order valence-corrected chi connectivity index (χ0v) is 11.7. The standard InChI is InChI=1S/C13H13ClN2OS/c1-7-11(8(2)17)12(16-13(18)15-7)9-3-5-10(14)6-4-9/h3-6,12H,1-2H3,(H2,15,16,18)/t12-/m0/s1. The van der Waals surface area contributed by atoms with Crippen molar-refractivity contribution in [3.05, 3.63) is 46.1 Å². The van der Waals surface area contributed by atoms with Crippen molar-refractivity contribution in [1.82, 2.24) is 10.6 Å². The van der Waals surface area contributed by atoms with Gasteiger partial charge in [-0.2, -0.15) is 0 Å². The van der Waals surface area contributed by atoms with Crippen LogP contribution in [0.15, 0.2) is 35.5 Å². The van der Waals surface area contributed by atoms with Crippen LogP contribution in [0.2, 0.25) is 5.02 Å². The van der Waals surface area contributed by atoms with Gasteiger partial charge in [0, 0.05) is 16.3 Å². The number of benzene rings is 1. The van der Waals surface area contributed by atoms with Crippen molar-refractivity contribution in [2.75, 3.05) is 0 Å². The molecule has 1 aliphatic rings. The first kappa shape index (κ1) is 13.1. The zero-order chi connectivity index (χ0) is 13.3. The highest BCUT2D eigenvalue weighted by Gasteiger charge is 2.27. The maximum atomic E-state index is 11.8. The van der Waals surface area contributed by atoms with Gasteiger partial charge in [-0.1, -0.05) is 23.7 Å². The Bertz CT molecular complexity index is 536. The van der Waals surface area contributed by atoms with Crippen molar-refractivity contribution in [1.29, 1.82) is 0 Å². The van der Waals surface area contributed by atoms with Gasteiger partial charge in [-0.3, -0.25) is 4.79 Å². The number of nitrogens with one attached hydrogen (secondary N) is 2. The number of hydrogen-bond acceptors (Lipinski definition) is 2. The summed E-state index contributed by atoms with van der Waals surface area (Å²) in [5.74, 6) is 0.0231. The van der Waals surface area contributed by atoms with Gasteiger partial charge in [0.2, 0.25) is 0 Å². The fraction of sp³-hybridized carbons (Fsp3) is 0.231. The van der Waals surface area contributed by atoms with E-state index in [0.717, 1.165) is 11.3 Å². The number of rotatable bonds is 2. The Labute approximate surface area is 116 Å². The summed E-state index contributed by atoms with van der Waals surface area (Å²) < 4.78 is 0. The van der Waals surface area contributed by atoms with Crippen molar-refractivity contribution >= 4 is 34.7 Å². The van der Waals surface area contributed by atoms with Crippen LogP contribution in [0.1, 0.15) is 25.5 Å². The largest absolute Gasteiger partial charge is 0.351 e. The lowest BCUT2D eigenvalue weighted by Gasteiger charge is -2.29. The van der Waals surface area contributed by atoms with Crippen LogP contribution in [0.5, 0.6) is 0 Å². The predicted octanol–water partition coefficient (Wildman–Crippen LogP) is 2.72. The first-order valence-electron chi connectivity index (χ1n) is 5.53. The van der Waals surface area contributed by atoms with Gasteiger partial charge >= 0.3 is 0 Å². The van der Waals surface area contributed by atoms with Crippen molar-refractivity contribution in [2.24, 2.45) is 0 Å². The molecular formula is C13H13ClN2OS. The molecule has 0 unspecified atom stereocenters. The number of halogens is 1. The van der Waals surface area contributed by atoms with Crippen LogP contribution in [-0.2, 0) is 4.79 Å². The van der Waals surface area contributed by atoms with Gasteiger partial charge in [0.05, 0.1) is 6.04 Å². The zero-order valence-electron chi connectivity index (χ0n) is 10.1. The predicted molar refractivity (Wildman–Crippen MR) is 76.4 cm³/mol. The number of ketones is 1. The number of carbonyl (C=O) groups excluding carboxylic acids is 1. The number of Topliss-reactive ketones (excluding diaryl/α,β-unsaturated/α-hetero) is 1. The lowest BCUT2D eigenvalue weighted by Crippen LogP contribution is -2.44. The van der Waals surface area contributed by atoms with E-state index in [1.54, 1.807) is 19.1 Å². The molecule has 3 nitrogen and oxygen atoms in total. The van der Waals surface area contributed by atoms with Gasteiger partial charge < -0.3 is 10.6 Å². The smallest absolute Gasteiger partial charge is 0.171 e. The molecule has 5 heteroatoms. The summed E-state index contributed by atoms with van der Waals surface area (Å²) in [4.78, 5) is 11.8. The molecule has 1 aromatic rings. The lowest BCUT2D eigenvalue weighted by atomic mass is 9.93. The van der Waals surface area contributed by atoms with E-state index < -0.39 is 0 Å². The summed E-state index contributed by atoms with van der Waals surface area (Å²) in [6.45, 7) is 3.41. The average Bonchev–Trinajstić information content (AvgIpc) is 2.28. The Balaban J connectivity index is 2.46. The molecule has 94 valence electrons. The Kier molecular flexibility index (Phi) is 3.68. The Morgan fingerprint density at radius 3 is 2.50 bits per heavy atom. The van der Waals surface area contributed by atoms with E-state index >= 15 is 0 Å². The molecule has 2 N–H and O–H groups in total. The minimum atomic E-state index is -0.214. The second-order valence-corrected chi connectivity index (χ2v) is 5.02. The van der Waals surface area contributed by atoms with Crippen LogP contribution in [0, 0.1) is 0 Å². The molecule has 0 saturated heterocycles. The number of thiocarbonyl (C=S) groups is 1. The van der Waals surface area contributed by atoms with Crippen molar-refractivity contribution in [3.8, 4) is 0 Å². The third-order valence-corrected chi connectivity index (χ3v) is 3.32. The molecule has 0 radical (unpaired) electrons. The van der Waals surface area contributed by atoms with Gasteiger partial charge in [0.1, 0.15) is 0 Å². The summed E-state index contributed by atoms with van der Waals surface area (Å²) in [5.41, 5.74) is 2.46. The van der Waals surface area contributed by atoms with Crippen molar-refractivity contribution in [2.45, 2.75) is 19.9 Å². The van der Waals surface area contributed by atoms with Crippen LogP contribution in [0.3, 0.4) is 0 Å². The quantitative estimate of drug-likeness (QED) is 0.818. The van der Waals surface area contributed by atoms with E-state index in [2.05, 4.69) is 10.6 Å². The number of allylic oxidation sites excluding steroid dienone is 1. The van der Waals surface area contributed by atoms with E-state index in [0.29, 0.717) is 15.7 Å². The van der Waals surface area contributed by atoms with Gasteiger partial charge in [-0.25, -0.2) is 0 Å². The van der Waals surface area contributed by atoms with E-state index in [4.69, 9.17) is 23.8 Å². The molecule has 0 fully saturated rings. The van der Waals surface area contributed by atoms with Gasteiger partial charge in [-0.15, -0.1) is 0 Å². The summed E-state index contributed by atoms with van der Waals surface area (Å²) in [6, 6.07) is 7.18. The van der Waals surface area contributed by atoms with E-state index in [1.165, 1.54) is 0 Å². The molecule has 1 aromatic carbocycles. The molecule has 0 bridgehead atoms. The maximum absolute atomic E-state index is 11.8. The fourth-order valence-electron chi connectivity index (χ4n) is 2.07. The Hall–Kier alpha value is -1.39. The topological polar surface area (TPSA) is 41.1 Å². The normalized spacial score (nSPS) is 19.3.